The molecule has 0 saturated carbocycles. The average molecular weight is 948 g/mol. The van der Waals surface area contributed by atoms with Crippen LogP contribution in [0.15, 0.2) is 134 Å². The Morgan fingerprint density at radius 1 is 0.698 bits per heavy atom. The molecule has 0 saturated heterocycles. The van der Waals surface area contributed by atoms with Gasteiger partial charge in [0.05, 0.1) is 0 Å². The number of hydrogen-bond acceptors (Lipinski definition) is 3. The Kier molecular flexibility index (Phi) is 9.77. The van der Waals surface area contributed by atoms with Crippen molar-refractivity contribution in [3.63, 3.8) is 0 Å². The van der Waals surface area contributed by atoms with E-state index in [1.54, 1.807) is 23.6 Å². The summed E-state index contributed by atoms with van der Waals surface area (Å²) in [6, 6.07) is 47.9. The zero-order chi connectivity index (χ0) is 39.2. The molecule has 0 amide bonds. The molecule has 3 aromatic heterocycles. The quantitative estimate of drug-likeness (QED) is 0.127. The second-order valence-electron chi connectivity index (χ2n) is 14.2. The molecule has 5 aromatic carbocycles. The maximum absolute atomic E-state index is 8.66. The number of rotatable bonds is 5. The molecule has 0 fully saturated rings. The molecule has 0 atom stereocenters. The Morgan fingerprint density at radius 2 is 1.40 bits per heavy atom. The third kappa shape index (κ3) is 7.88. The van der Waals surface area contributed by atoms with Crippen LogP contribution in [0, 0.1) is 19.1 Å². The zero-order valence-corrected chi connectivity index (χ0v) is 35.6. The summed E-state index contributed by atoms with van der Waals surface area (Å²) in [5, 5.41) is 2.23. The fourth-order valence-corrected chi connectivity index (χ4v) is 11.8. The number of thiophene rings is 1. The number of aryl methyl sites for hydroxylation is 2. The number of nitrogens with zero attached hydrogens (tertiary/aromatic N) is 2. The molecule has 2 nitrogen and oxygen atoms in total. The summed E-state index contributed by atoms with van der Waals surface area (Å²) in [4.78, 5) is 9.30. The van der Waals surface area contributed by atoms with E-state index in [4.69, 9.17) is 10.5 Å². The Bertz CT molecular complexity index is 2710. The van der Waals surface area contributed by atoms with E-state index >= 15 is 0 Å². The summed E-state index contributed by atoms with van der Waals surface area (Å²) < 4.78 is 37.9. The van der Waals surface area contributed by atoms with E-state index in [1.165, 1.54) is 21.1 Å². The van der Waals surface area contributed by atoms with E-state index in [-0.39, 0.29) is 32.9 Å². The summed E-state index contributed by atoms with van der Waals surface area (Å²) in [6.45, 7) is 2.21. The van der Waals surface area contributed by atoms with Gasteiger partial charge in [-0.25, -0.2) is 0 Å². The summed E-state index contributed by atoms with van der Waals surface area (Å²) in [6.07, 6.45) is 0.771. The molecule has 1 aliphatic rings. The Balaban J connectivity index is 0.000000183. The summed E-state index contributed by atoms with van der Waals surface area (Å²) >= 11 is -0.192. The van der Waals surface area contributed by atoms with Gasteiger partial charge >= 0.3 is 142 Å². The Hall–Kier alpha value is -4.19. The van der Waals surface area contributed by atoms with E-state index in [0.717, 1.165) is 48.1 Å². The molecule has 9 rings (SSSR count). The zero-order valence-electron chi connectivity index (χ0n) is 34.3. The third-order valence-electron chi connectivity index (χ3n) is 9.57. The maximum Gasteiger partial charge on any atom is 0.0316 e. The van der Waals surface area contributed by atoms with Gasteiger partial charge in [0.25, 0.3) is 0 Å². The van der Waals surface area contributed by atoms with Crippen LogP contribution in [0.5, 0.6) is 0 Å². The van der Waals surface area contributed by atoms with E-state index in [9.17, 15) is 0 Å². The molecular formula is C48H42GeIrN2S-2. The van der Waals surface area contributed by atoms with Gasteiger partial charge in [0.1, 0.15) is 0 Å². The van der Waals surface area contributed by atoms with Gasteiger partial charge < -0.3 is 4.98 Å². The van der Waals surface area contributed by atoms with Gasteiger partial charge in [-0.1, -0.05) is 59.0 Å². The minimum absolute atomic E-state index is 0. The van der Waals surface area contributed by atoms with E-state index < -0.39 is 26.0 Å². The number of aromatic nitrogens is 2. The monoisotopic (exact) mass is 949 g/mol. The van der Waals surface area contributed by atoms with Gasteiger partial charge in [0.15, 0.2) is 0 Å². The van der Waals surface area contributed by atoms with Crippen LogP contribution in [-0.4, -0.2) is 23.2 Å². The van der Waals surface area contributed by atoms with Crippen LogP contribution in [0.4, 0.5) is 0 Å². The van der Waals surface area contributed by atoms with Crippen LogP contribution >= 0.6 is 11.3 Å². The van der Waals surface area contributed by atoms with Gasteiger partial charge in [-0.3, -0.25) is 0 Å². The first-order valence-corrected chi connectivity index (χ1v) is 25.9. The number of fused-ring (bicyclic) bond motifs is 4. The maximum atomic E-state index is 8.66. The molecule has 0 N–H and O–H groups in total. The van der Waals surface area contributed by atoms with E-state index in [1.807, 2.05) is 42.5 Å². The molecule has 0 aliphatic heterocycles. The third-order valence-corrected chi connectivity index (χ3v) is 15.2. The van der Waals surface area contributed by atoms with Crippen LogP contribution in [0.25, 0.3) is 64.9 Å². The first kappa shape index (κ1) is 32.3. The second kappa shape index (κ2) is 16.0. The van der Waals surface area contributed by atoms with E-state index in [0.29, 0.717) is 16.8 Å². The van der Waals surface area contributed by atoms with Crippen molar-refractivity contribution in [2.75, 3.05) is 0 Å². The van der Waals surface area contributed by atoms with Crippen molar-refractivity contribution in [3.05, 3.63) is 163 Å². The van der Waals surface area contributed by atoms with Crippen molar-refractivity contribution in [3.8, 4) is 44.8 Å². The van der Waals surface area contributed by atoms with Crippen LogP contribution in [-0.2, 0) is 32.9 Å². The first-order chi connectivity index (χ1) is 26.8. The number of benzene rings is 5. The van der Waals surface area contributed by atoms with Gasteiger partial charge in [0.2, 0.25) is 0 Å². The Labute approximate surface area is 339 Å². The van der Waals surface area contributed by atoms with Crippen molar-refractivity contribution in [2.24, 2.45) is 0 Å². The van der Waals surface area contributed by atoms with Crippen molar-refractivity contribution in [1.29, 1.82) is 0 Å². The standard InChI is InChI=1S/C27H20NS.C21H22GeN.Ir/c1-2-7-18(8-3-1)20-13-14-22-23-11-6-12-24(27(23)29-25(22)17-20)26-21-10-5-4-9-19(21)15-16-28-26;1-16-13-21(23-15-20(16)22(2,3)4)19-12-8-11-18(14-19)17-9-6-5-7-10-17;/h1-3,6-8,11,13-17H,4-5,9-10H2;5-11,13-15H,1-4H3;/q2*-1;/i9D2,10D2;;. The molecule has 1 radical (unpaired) electrons. The van der Waals surface area contributed by atoms with Crippen molar-refractivity contribution in [1.82, 2.24) is 9.97 Å². The summed E-state index contributed by atoms with van der Waals surface area (Å²) in [7, 11) is 0. The molecule has 0 bridgehead atoms. The molecule has 3 heterocycles. The molecule has 8 aromatic rings. The van der Waals surface area contributed by atoms with Crippen molar-refractivity contribution in [2.45, 2.75) is 49.8 Å². The topological polar surface area (TPSA) is 25.8 Å². The van der Waals surface area contributed by atoms with Gasteiger partial charge in [-0.05, 0) is 64.6 Å². The second-order valence-corrected chi connectivity index (χ2v) is 25.8. The molecule has 1 aliphatic carbocycles. The van der Waals surface area contributed by atoms with Crippen LogP contribution in [0.1, 0.15) is 35.0 Å². The van der Waals surface area contributed by atoms with Gasteiger partial charge in [-0.2, -0.15) is 11.3 Å². The first-order valence-electron chi connectivity index (χ1n) is 19.8. The fraction of sp³-hybridized carbons (Fsp3) is 0.167. The largest absolute Gasteiger partial charge is 0.304 e. The van der Waals surface area contributed by atoms with Crippen LogP contribution in [0.3, 0.4) is 0 Å². The Morgan fingerprint density at radius 3 is 2.11 bits per heavy atom. The minimum atomic E-state index is -1.85. The van der Waals surface area contributed by atoms with Gasteiger partial charge in [0, 0.05) is 36.5 Å². The normalized spacial score (nSPS) is 15.5. The predicted octanol–water partition coefficient (Wildman–Crippen LogP) is 12.5. The van der Waals surface area contributed by atoms with Crippen LogP contribution < -0.4 is 4.40 Å². The molecule has 0 unspecified atom stereocenters. The van der Waals surface area contributed by atoms with Crippen molar-refractivity contribution < 1.29 is 25.6 Å². The molecule has 0 spiro atoms. The molecular weight excluding hydrogens is 901 g/mol. The van der Waals surface area contributed by atoms with Gasteiger partial charge in [-0.15, -0.1) is 23.8 Å². The minimum Gasteiger partial charge on any atom is -0.304 e. The summed E-state index contributed by atoms with van der Waals surface area (Å²) in [5.41, 5.74) is 10.2. The van der Waals surface area contributed by atoms with Crippen molar-refractivity contribution >= 4 is 49.2 Å². The van der Waals surface area contributed by atoms with Crippen LogP contribution in [0.2, 0.25) is 17.3 Å². The fourth-order valence-electron chi connectivity index (χ4n) is 7.00. The molecule has 5 heteroatoms. The number of hydrogen-bond donors (Lipinski definition) is 0. The number of pyridine rings is 2. The average Bonchev–Trinajstić information content (AvgIpc) is 3.58. The molecule has 265 valence electrons. The smallest absolute Gasteiger partial charge is 0.0316 e. The SMILES string of the molecule is Cc1cc(-c2[c-]ccc(-c3ccccc3)c2)nc[c]1[Ge]([CH3])([CH3])[CH3].[2H]C1([2H])CCC([2H])([2H])c2c1ccnc2-c1[c-]ccc2c1sc1cc(-c3ccccc3)ccc12.[Ir]. The van der Waals surface area contributed by atoms with E-state index in [2.05, 4.69) is 120 Å². The molecule has 53 heavy (non-hydrogen) atoms. The summed E-state index contributed by atoms with van der Waals surface area (Å²) in [5.74, 6) is 7.23. The predicted molar refractivity (Wildman–Crippen MR) is 225 cm³/mol.